The summed E-state index contributed by atoms with van der Waals surface area (Å²) in [6.45, 7) is -0.746. The molecule has 0 spiro atoms. The monoisotopic (exact) mass is 464 g/mol. The highest BCUT2D eigenvalue weighted by Crippen LogP contribution is 2.43. The van der Waals surface area contributed by atoms with E-state index in [4.69, 9.17) is 5.73 Å². The first-order chi connectivity index (χ1) is 13.6. The van der Waals surface area contributed by atoms with Crippen LogP contribution in [0.5, 0.6) is 0 Å². The van der Waals surface area contributed by atoms with Crippen LogP contribution in [0.2, 0.25) is 0 Å². The molecule has 1 aromatic rings. The fourth-order valence-corrected chi connectivity index (χ4v) is 5.15. The molecule has 5 nitrogen and oxygen atoms in total. The minimum atomic E-state index is -5.18. The van der Waals surface area contributed by atoms with Crippen LogP contribution in [0.15, 0.2) is 29.2 Å². The Balaban J connectivity index is 2.25. The molecule has 2 rings (SSSR count). The van der Waals surface area contributed by atoms with E-state index in [1.807, 2.05) is 0 Å². The van der Waals surface area contributed by atoms with E-state index in [-0.39, 0.29) is 6.54 Å². The number of amides is 1. The average Bonchev–Trinajstić information content (AvgIpc) is 2.65. The van der Waals surface area contributed by atoms with Crippen molar-refractivity contribution < 1.29 is 43.9 Å². The number of sulfone groups is 1. The number of hydrogen-bond donors (Lipinski definition) is 1. The van der Waals surface area contributed by atoms with Crippen LogP contribution in [0.3, 0.4) is 0 Å². The predicted octanol–water partition coefficient (Wildman–Crippen LogP) is 3.44. The molecule has 1 aliphatic carbocycles. The van der Waals surface area contributed by atoms with Crippen molar-refractivity contribution in [2.75, 3.05) is 13.1 Å². The van der Waals surface area contributed by atoms with Gasteiger partial charge < -0.3 is 10.6 Å². The second kappa shape index (κ2) is 8.33. The van der Waals surface area contributed by atoms with E-state index in [1.54, 1.807) is 0 Å². The van der Waals surface area contributed by atoms with E-state index in [0.29, 0.717) is 17.0 Å². The molecule has 0 aliphatic heterocycles. The molecule has 1 aromatic carbocycles. The van der Waals surface area contributed by atoms with Gasteiger partial charge in [0.25, 0.3) is 0 Å². The molecule has 0 bridgehead atoms. The number of nitrogens with two attached hydrogens (primary N) is 1. The Morgan fingerprint density at radius 2 is 1.70 bits per heavy atom. The second-order valence-electron chi connectivity index (χ2n) is 6.93. The highest BCUT2D eigenvalue weighted by Gasteiger charge is 2.51. The van der Waals surface area contributed by atoms with Gasteiger partial charge in [0.15, 0.2) is 0 Å². The van der Waals surface area contributed by atoms with Crippen molar-refractivity contribution in [3.05, 3.63) is 29.8 Å². The molecular weight excluding hydrogens is 445 g/mol. The number of carbonyl (C=O) groups excluding carboxylic acids is 1. The van der Waals surface area contributed by atoms with Crippen molar-refractivity contribution in [3.63, 3.8) is 0 Å². The number of carbonyl (C=O) groups is 1. The van der Waals surface area contributed by atoms with Crippen molar-refractivity contribution >= 4 is 15.7 Å². The van der Waals surface area contributed by atoms with Crippen molar-refractivity contribution in [1.82, 2.24) is 4.90 Å². The molecule has 30 heavy (non-hydrogen) atoms. The van der Waals surface area contributed by atoms with Gasteiger partial charge in [0.2, 0.25) is 14.8 Å². The quantitative estimate of drug-likeness (QED) is 0.678. The highest BCUT2D eigenvalue weighted by atomic mass is 32.2. The molecule has 0 saturated heterocycles. The molecule has 1 fully saturated rings. The van der Waals surface area contributed by atoms with Crippen LogP contribution in [0.1, 0.15) is 31.2 Å². The van der Waals surface area contributed by atoms with Gasteiger partial charge in [-0.15, -0.1) is 0 Å². The lowest BCUT2D eigenvalue weighted by atomic mass is 9.92. The molecular formula is C17H19F7N2O3S. The summed E-state index contributed by atoms with van der Waals surface area (Å²) in [6, 6.07) is 1.51. The molecule has 0 aromatic heterocycles. The molecule has 0 unspecified atom stereocenters. The molecule has 1 saturated carbocycles. The number of benzene rings is 1. The Bertz CT molecular complexity index is 876. The SMILES string of the molecule is NCCN(C(=O)C(F)(F)F)C1CCC(F)(S(=O)(=O)c2cccc(C(F)(F)F)c2)CC1. The van der Waals surface area contributed by atoms with Gasteiger partial charge in [0, 0.05) is 19.1 Å². The van der Waals surface area contributed by atoms with Gasteiger partial charge in [-0.3, -0.25) is 4.79 Å². The smallest absolute Gasteiger partial charge is 0.331 e. The predicted molar refractivity (Wildman–Crippen MR) is 91.5 cm³/mol. The summed E-state index contributed by atoms with van der Waals surface area (Å²) in [6.07, 6.45) is -12.4. The highest BCUT2D eigenvalue weighted by molar-refractivity contribution is 7.92. The van der Waals surface area contributed by atoms with E-state index in [2.05, 4.69) is 0 Å². The fraction of sp³-hybridized carbons (Fsp3) is 0.588. The van der Waals surface area contributed by atoms with Gasteiger partial charge in [-0.2, -0.15) is 26.3 Å². The summed E-state index contributed by atoms with van der Waals surface area (Å²) >= 11 is 0. The van der Waals surface area contributed by atoms with Gasteiger partial charge in [-0.1, -0.05) is 6.07 Å². The van der Waals surface area contributed by atoms with E-state index in [1.165, 1.54) is 0 Å². The van der Waals surface area contributed by atoms with Crippen LogP contribution in [0.4, 0.5) is 30.7 Å². The summed E-state index contributed by atoms with van der Waals surface area (Å²) in [4.78, 5) is 11.2. The van der Waals surface area contributed by atoms with Gasteiger partial charge >= 0.3 is 18.3 Å². The lowest BCUT2D eigenvalue weighted by Crippen LogP contribution is -2.52. The van der Waals surface area contributed by atoms with Gasteiger partial charge in [0.05, 0.1) is 10.5 Å². The van der Waals surface area contributed by atoms with E-state index < -0.39 is 81.8 Å². The Labute approximate surface area is 167 Å². The first-order valence-corrected chi connectivity index (χ1v) is 10.3. The first-order valence-electron chi connectivity index (χ1n) is 8.82. The zero-order valence-corrected chi connectivity index (χ0v) is 16.2. The maximum Gasteiger partial charge on any atom is 0.471 e. The van der Waals surface area contributed by atoms with Gasteiger partial charge in [-0.25, -0.2) is 12.8 Å². The third kappa shape index (κ3) is 4.88. The Hall–Kier alpha value is -1.89. The summed E-state index contributed by atoms with van der Waals surface area (Å²) in [5.41, 5.74) is 3.97. The minimum absolute atomic E-state index is 0.290. The third-order valence-electron chi connectivity index (χ3n) is 4.97. The van der Waals surface area contributed by atoms with Crippen LogP contribution in [0, 0.1) is 0 Å². The lowest BCUT2D eigenvalue weighted by molar-refractivity contribution is -0.188. The van der Waals surface area contributed by atoms with Crippen molar-refractivity contribution in [1.29, 1.82) is 0 Å². The number of hydrogen-bond acceptors (Lipinski definition) is 4. The first kappa shape index (κ1) is 24.4. The molecule has 2 N–H and O–H groups in total. The Kier molecular flexibility index (Phi) is 6.77. The zero-order chi connectivity index (χ0) is 23.0. The Morgan fingerprint density at radius 1 is 1.13 bits per heavy atom. The lowest BCUT2D eigenvalue weighted by Gasteiger charge is -2.39. The molecule has 170 valence electrons. The summed E-state index contributed by atoms with van der Waals surface area (Å²) < 4.78 is 118. The molecule has 0 radical (unpaired) electrons. The second-order valence-corrected chi connectivity index (χ2v) is 9.14. The Morgan fingerprint density at radius 3 is 2.17 bits per heavy atom. The zero-order valence-electron chi connectivity index (χ0n) is 15.4. The van der Waals surface area contributed by atoms with E-state index in [0.717, 1.165) is 12.1 Å². The largest absolute Gasteiger partial charge is 0.471 e. The summed E-state index contributed by atoms with van der Waals surface area (Å²) in [5, 5.41) is -2.97. The maximum absolute atomic E-state index is 15.3. The van der Waals surface area contributed by atoms with Gasteiger partial charge in [0.1, 0.15) is 0 Å². The summed E-state index contributed by atoms with van der Waals surface area (Å²) in [5.74, 6) is -2.16. The number of halogens is 7. The minimum Gasteiger partial charge on any atom is -0.331 e. The number of rotatable bonds is 5. The molecule has 0 heterocycles. The third-order valence-corrected chi connectivity index (χ3v) is 7.22. The molecule has 13 heteroatoms. The van der Waals surface area contributed by atoms with Crippen LogP contribution in [-0.2, 0) is 20.8 Å². The molecule has 0 atom stereocenters. The topological polar surface area (TPSA) is 80.5 Å². The maximum atomic E-state index is 15.3. The number of nitrogens with zero attached hydrogens (tertiary/aromatic N) is 1. The van der Waals surface area contributed by atoms with E-state index in [9.17, 15) is 39.6 Å². The van der Waals surface area contributed by atoms with Crippen molar-refractivity contribution in [3.8, 4) is 0 Å². The van der Waals surface area contributed by atoms with Crippen LogP contribution in [-0.4, -0.2) is 49.5 Å². The van der Waals surface area contributed by atoms with Crippen LogP contribution >= 0.6 is 0 Å². The fourth-order valence-electron chi connectivity index (χ4n) is 3.42. The average molecular weight is 464 g/mol. The normalized spacial score (nSPS) is 23.3. The van der Waals surface area contributed by atoms with E-state index >= 15 is 4.39 Å². The van der Waals surface area contributed by atoms with Crippen LogP contribution in [0.25, 0.3) is 0 Å². The number of alkyl halides is 7. The molecule has 1 aliphatic rings. The van der Waals surface area contributed by atoms with Crippen molar-refractivity contribution in [2.24, 2.45) is 5.73 Å². The summed E-state index contributed by atoms with van der Waals surface area (Å²) in [7, 11) is -4.87. The standard InChI is InChI=1S/C17H19F7N2O3S/c18-15(30(28,29)13-3-1-2-11(10-13)16(19,20)21)6-4-12(5-7-15)26(9-8-25)14(27)17(22,23)24/h1-3,10,12H,4-9,25H2. The van der Waals surface area contributed by atoms with Crippen LogP contribution < -0.4 is 5.73 Å². The van der Waals surface area contributed by atoms with Crippen molar-refractivity contribution in [2.45, 2.75) is 54.0 Å². The van der Waals surface area contributed by atoms with Gasteiger partial charge in [-0.05, 0) is 43.9 Å². The molecule has 1 amide bonds.